The molecule has 17 heavy (non-hydrogen) atoms. The van der Waals surface area contributed by atoms with Gasteiger partial charge in [-0.3, -0.25) is 0 Å². The van der Waals surface area contributed by atoms with Gasteiger partial charge >= 0.3 is 0 Å². The number of nitrogens with two attached hydrogens (primary N) is 1. The number of aryl methyl sites for hydroxylation is 1. The van der Waals surface area contributed by atoms with E-state index in [0.717, 1.165) is 13.0 Å². The summed E-state index contributed by atoms with van der Waals surface area (Å²) in [6, 6.07) is 2.15. The van der Waals surface area contributed by atoms with Crippen molar-refractivity contribution < 1.29 is 9.47 Å². The van der Waals surface area contributed by atoms with Gasteiger partial charge in [0.15, 0.2) is 0 Å². The maximum atomic E-state index is 5.74. The van der Waals surface area contributed by atoms with E-state index < -0.39 is 0 Å². The third-order valence-corrected chi connectivity index (χ3v) is 4.22. The molecule has 0 radical (unpaired) electrons. The minimum Gasteiger partial charge on any atom is -0.376 e. The largest absolute Gasteiger partial charge is 0.376 e. The van der Waals surface area contributed by atoms with E-state index in [4.69, 9.17) is 15.2 Å². The second kappa shape index (κ2) is 6.50. The lowest BCUT2D eigenvalue weighted by Gasteiger charge is -2.22. The monoisotopic (exact) mass is 255 g/mol. The summed E-state index contributed by atoms with van der Waals surface area (Å²) in [4.78, 5) is 2.55. The van der Waals surface area contributed by atoms with Crippen molar-refractivity contribution >= 4 is 11.3 Å². The van der Waals surface area contributed by atoms with Gasteiger partial charge in [-0.15, -0.1) is 11.3 Å². The molecule has 1 atom stereocenters. The molecule has 1 aliphatic heterocycles. The Morgan fingerprint density at radius 3 is 3.06 bits per heavy atom. The molecule has 0 spiro atoms. The Labute approximate surface area is 107 Å². The van der Waals surface area contributed by atoms with E-state index in [-0.39, 0.29) is 0 Å². The molecule has 2 heterocycles. The summed E-state index contributed by atoms with van der Waals surface area (Å²) in [7, 11) is 0. The van der Waals surface area contributed by atoms with Gasteiger partial charge in [-0.25, -0.2) is 0 Å². The first-order valence-electron chi connectivity index (χ1n) is 6.27. The molecule has 0 aromatic carbocycles. The summed E-state index contributed by atoms with van der Waals surface area (Å²) in [5.41, 5.74) is 6.90. The van der Waals surface area contributed by atoms with Crippen LogP contribution >= 0.6 is 11.3 Å². The Morgan fingerprint density at radius 1 is 1.53 bits per heavy atom. The van der Waals surface area contributed by atoms with Crippen LogP contribution in [0.4, 0.5) is 0 Å². The van der Waals surface area contributed by atoms with Gasteiger partial charge < -0.3 is 15.2 Å². The number of hydrogen-bond donors (Lipinski definition) is 1. The molecule has 2 N–H and O–H groups in total. The molecular formula is C13H21NO2S. The lowest BCUT2D eigenvalue weighted by Crippen LogP contribution is -2.24. The average molecular weight is 255 g/mol. The highest BCUT2D eigenvalue weighted by molar-refractivity contribution is 7.12. The minimum absolute atomic E-state index is 0.302. The molecule has 2 rings (SSSR count). The van der Waals surface area contributed by atoms with E-state index in [2.05, 4.69) is 13.0 Å². The standard InChI is InChI=1S/C13H21NO2S/c1-10-11(6-13(7-14)17-10)8-15-9-12-4-2-3-5-16-12/h6,12H,2-5,7-9,14H2,1H3. The number of ether oxygens (including phenoxy) is 2. The van der Waals surface area contributed by atoms with Crippen molar-refractivity contribution in [1.82, 2.24) is 0 Å². The Morgan fingerprint density at radius 2 is 2.41 bits per heavy atom. The van der Waals surface area contributed by atoms with Crippen LogP contribution in [0.1, 0.15) is 34.6 Å². The first-order valence-corrected chi connectivity index (χ1v) is 7.09. The van der Waals surface area contributed by atoms with Crippen molar-refractivity contribution in [3.8, 4) is 0 Å². The van der Waals surface area contributed by atoms with Crippen LogP contribution in [0, 0.1) is 6.92 Å². The van der Waals surface area contributed by atoms with Gasteiger partial charge in [0.2, 0.25) is 0 Å². The molecule has 1 aliphatic rings. The second-order valence-electron chi connectivity index (χ2n) is 4.50. The summed E-state index contributed by atoms with van der Waals surface area (Å²) >= 11 is 1.76. The Bertz CT molecular complexity index is 345. The third-order valence-electron chi connectivity index (χ3n) is 3.11. The number of rotatable bonds is 5. The zero-order valence-electron chi connectivity index (χ0n) is 10.4. The molecule has 1 aromatic rings. The lowest BCUT2D eigenvalue weighted by molar-refractivity contribution is -0.0447. The SMILES string of the molecule is Cc1sc(CN)cc1COCC1CCCCO1. The van der Waals surface area contributed by atoms with Crippen LogP contribution in [0.3, 0.4) is 0 Å². The highest BCUT2D eigenvalue weighted by Crippen LogP contribution is 2.22. The van der Waals surface area contributed by atoms with Gasteiger partial charge in [-0.1, -0.05) is 0 Å². The fourth-order valence-corrected chi connectivity index (χ4v) is 3.00. The topological polar surface area (TPSA) is 44.5 Å². The van der Waals surface area contributed by atoms with Crippen LogP contribution in [0.5, 0.6) is 0 Å². The maximum Gasteiger partial charge on any atom is 0.0808 e. The maximum absolute atomic E-state index is 5.74. The number of hydrogen-bond acceptors (Lipinski definition) is 4. The quantitative estimate of drug-likeness (QED) is 0.879. The van der Waals surface area contributed by atoms with Crippen molar-refractivity contribution in [3.63, 3.8) is 0 Å². The Kier molecular flexibility index (Phi) is 4.98. The summed E-state index contributed by atoms with van der Waals surface area (Å²) in [6.45, 7) is 5.04. The minimum atomic E-state index is 0.302. The van der Waals surface area contributed by atoms with Crippen molar-refractivity contribution in [3.05, 3.63) is 21.4 Å². The molecule has 0 bridgehead atoms. The van der Waals surface area contributed by atoms with E-state index in [1.165, 1.54) is 28.2 Å². The normalized spacial score (nSPS) is 20.7. The predicted octanol–water partition coefficient (Wildman–Crippen LogP) is 2.60. The molecule has 3 nitrogen and oxygen atoms in total. The predicted molar refractivity (Wildman–Crippen MR) is 70.2 cm³/mol. The van der Waals surface area contributed by atoms with Crippen LogP contribution in [0.15, 0.2) is 6.07 Å². The first kappa shape index (κ1) is 13.0. The Hall–Kier alpha value is -0.420. The zero-order chi connectivity index (χ0) is 12.1. The fraction of sp³-hybridized carbons (Fsp3) is 0.692. The van der Waals surface area contributed by atoms with Crippen LogP contribution in [0.2, 0.25) is 0 Å². The van der Waals surface area contributed by atoms with Gasteiger partial charge in [0, 0.05) is 22.9 Å². The first-order chi connectivity index (χ1) is 8.29. The smallest absolute Gasteiger partial charge is 0.0808 e. The van der Waals surface area contributed by atoms with E-state index >= 15 is 0 Å². The van der Waals surface area contributed by atoms with Gasteiger partial charge in [0.05, 0.1) is 19.3 Å². The van der Waals surface area contributed by atoms with Crippen LogP contribution in [-0.2, 0) is 22.6 Å². The molecule has 1 saturated heterocycles. The average Bonchev–Trinajstić information content (AvgIpc) is 2.72. The van der Waals surface area contributed by atoms with Crippen LogP contribution in [-0.4, -0.2) is 19.3 Å². The molecule has 1 unspecified atom stereocenters. The van der Waals surface area contributed by atoms with Crippen molar-refractivity contribution in [1.29, 1.82) is 0 Å². The van der Waals surface area contributed by atoms with Crippen LogP contribution in [0.25, 0.3) is 0 Å². The van der Waals surface area contributed by atoms with Crippen molar-refractivity contribution in [2.75, 3.05) is 13.2 Å². The molecule has 0 saturated carbocycles. The van der Waals surface area contributed by atoms with Gasteiger partial charge in [-0.2, -0.15) is 0 Å². The van der Waals surface area contributed by atoms with E-state index in [0.29, 0.717) is 25.9 Å². The number of thiophene rings is 1. The van der Waals surface area contributed by atoms with Gasteiger partial charge in [0.1, 0.15) is 0 Å². The highest BCUT2D eigenvalue weighted by Gasteiger charge is 2.14. The van der Waals surface area contributed by atoms with E-state index in [9.17, 15) is 0 Å². The van der Waals surface area contributed by atoms with Crippen molar-refractivity contribution in [2.45, 2.75) is 45.4 Å². The van der Waals surface area contributed by atoms with Crippen LogP contribution < -0.4 is 5.73 Å². The lowest BCUT2D eigenvalue weighted by atomic mass is 10.1. The molecule has 0 amide bonds. The highest BCUT2D eigenvalue weighted by atomic mass is 32.1. The van der Waals surface area contributed by atoms with Crippen molar-refractivity contribution in [2.24, 2.45) is 5.73 Å². The fourth-order valence-electron chi connectivity index (χ4n) is 2.07. The summed E-state index contributed by atoms with van der Waals surface area (Å²) in [5, 5.41) is 0. The summed E-state index contributed by atoms with van der Waals surface area (Å²) in [6.07, 6.45) is 3.90. The third kappa shape index (κ3) is 3.78. The van der Waals surface area contributed by atoms with E-state index in [1.54, 1.807) is 11.3 Å². The molecule has 1 fully saturated rings. The molecule has 0 aliphatic carbocycles. The molecule has 96 valence electrons. The zero-order valence-corrected chi connectivity index (χ0v) is 11.2. The Balaban J connectivity index is 1.75. The summed E-state index contributed by atoms with van der Waals surface area (Å²) < 4.78 is 11.4. The van der Waals surface area contributed by atoms with E-state index in [1.807, 2.05) is 0 Å². The van der Waals surface area contributed by atoms with Gasteiger partial charge in [-0.05, 0) is 37.8 Å². The van der Waals surface area contributed by atoms with Gasteiger partial charge in [0.25, 0.3) is 0 Å². The molecular weight excluding hydrogens is 234 g/mol. The molecule has 4 heteroatoms. The molecule has 1 aromatic heterocycles. The second-order valence-corrected chi connectivity index (χ2v) is 5.84. The summed E-state index contributed by atoms with van der Waals surface area (Å²) in [5.74, 6) is 0.